The minimum Gasteiger partial charge on any atom is -0.338 e. The van der Waals surface area contributed by atoms with Crippen molar-refractivity contribution in [2.75, 3.05) is 11.9 Å². The Morgan fingerprint density at radius 2 is 2.16 bits per heavy atom. The van der Waals surface area contributed by atoms with Crippen LogP contribution in [0.2, 0.25) is 0 Å². The van der Waals surface area contributed by atoms with E-state index in [0.717, 1.165) is 22.6 Å². The average Bonchev–Trinajstić information content (AvgIpc) is 2.39. The van der Waals surface area contributed by atoms with Gasteiger partial charge in [0, 0.05) is 23.7 Å². The van der Waals surface area contributed by atoms with Crippen molar-refractivity contribution in [3.63, 3.8) is 0 Å². The molecule has 19 heavy (non-hydrogen) atoms. The fraction of sp³-hybridized carbons (Fsp3) is 0.214. The maximum atomic E-state index is 11.4. The fourth-order valence-corrected chi connectivity index (χ4v) is 1.89. The number of urea groups is 1. The van der Waals surface area contributed by atoms with Crippen LogP contribution in [0.25, 0.3) is 10.8 Å². The van der Waals surface area contributed by atoms with E-state index < -0.39 is 0 Å². The predicted molar refractivity (Wildman–Crippen MR) is 74.6 cm³/mol. The summed E-state index contributed by atoms with van der Waals surface area (Å²) in [7, 11) is 0. The van der Waals surface area contributed by atoms with Crippen LogP contribution in [0.3, 0.4) is 0 Å². The molecule has 0 aliphatic heterocycles. The zero-order valence-corrected chi connectivity index (χ0v) is 10.9. The number of aldehydes is 1. The molecule has 2 aromatic rings. The summed E-state index contributed by atoms with van der Waals surface area (Å²) in [6, 6.07) is 5.04. The maximum Gasteiger partial charge on any atom is 0.320 e. The lowest BCUT2D eigenvalue weighted by molar-refractivity contribution is 0.112. The molecule has 0 saturated carbocycles. The Hall–Kier alpha value is -2.43. The number of hydrogen-bond donors (Lipinski definition) is 2. The van der Waals surface area contributed by atoms with Crippen LogP contribution < -0.4 is 10.6 Å². The van der Waals surface area contributed by atoms with Crippen LogP contribution in [0.5, 0.6) is 0 Å². The normalized spacial score (nSPS) is 10.2. The van der Waals surface area contributed by atoms with Gasteiger partial charge in [-0.2, -0.15) is 0 Å². The Kier molecular flexibility index (Phi) is 3.75. The van der Waals surface area contributed by atoms with Gasteiger partial charge in [0.25, 0.3) is 0 Å². The Morgan fingerprint density at radius 1 is 1.37 bits per heavy atom. The van der Waals surface area contributed by atoms with Gasteiger partial charge in [0.1, 0.15) is 5.82 Å². The van der Waals surface area contributed by atoms with Crippen LogP contribution in [0.1, 0.15) is 22.8 Å². The van der Waals surface area contributed by atoms with Crippen LogP contribution in [-0.2, 0) is 0 Å². The van der Waals surface area contributed by atoms with Gasteiger partial charge >= 0.3 is 6.03 Å². The lowest BCUT2D eigenvalue weighted by atomic mass is 10.0. The number of carbonyl (C=O) groups is 2. The number of benzene rings is 1. The third-order valence-electron chi connectivity index (χ3n) is 2.86. The molecule has 0 saturated heterocycles. The maximum absolute atomic E-state index is 11.4. The van der Waals surface area contributed by atoms with Gasteiger partial charge in [-0.15, -0.1) is 0 Å². The monoisotopic (exact) mass is 257 g/mol. The van der Waals surface area contributed by atoms with E-state index in [1.807, 2.05) is 19.9 Å². The largest absolute Gasteiger partial charge is 0.338 e. The number of aromatic nitrogens is 1. The molecule has 1 heterocycles. The van der Waals surface area contributed by atoms with E-state index >= 15 is 0 Å². The number of nitrogens with one attached hydrogen (secondary N) is 2. The van der Waals surface area contributed by atoms with Gasteiger partial charge in [0.15, 0.2) is 6.29 Å². The molecule has 0 unspecified atom stereocenters. The molecule has 0 spiro atoms. The quantitative estimate of drug-likeness (QED) is 0.830. The fourth-order valence-electron chi connectivity index (χ4n) is 1.89. The molecule has 2 N–H and O–H groups in total. The number of pyridine rings is 1. The SMILES string of the molecule is CCNC(=O)Nc1cc2c(C=O)ccc(C)c2cn1. The van der Waals surface area contributed by atoms with E-state index in [0.29, 0.717) is 17.9 Å². The summed E-state index contributed by atoms with van der Waals surface area (Å²) >= 11 is 0. The third-order valence-corrected chi connectivity index (χ3v) is 2.86. The number of hydrogen-bond acceptors (Lipinski definition) is 3. The molecule has 0 aliphatic carbocycles. The lowest BCUT2D eigenvalue weighted by Gasteiger charge is -2.08. The first-order valence-electron chi connectivity index (χ1n) is 6.05. The van der Waals surface area contributed by atoms with Crippen molar-refractivity contribution < 1.29 is 9.59 Å². The molecular weight excluding hydrogens is 242 g/mol. The van der Waals surface area contributed by atoms with E-state index in [2.05, 4.69) is 15.6 Å². The summed E-state index contributed by atoms with van der Waals surface area (Å²) in [4.78, 5) is 26.7. The predicted octanol–water partition coefficient (Wildman–Crippen LogP) is 2.50. The topological polar surface area (TPSA) is 71.1 Å². The second kappa shape index (κ2) is 5.48. The number of carbonyl (C=O) groups excluding carboxylic acids is 2. The highest BCUT2D eigenvalue weighted by Gasteiger charge is 2.07. The summed E-state index contributed by atoms with van der Waals surface area (Å²) in [5, 5.41) is 6.95. The van der Waals surface area contributed by atoms with Crippen molar-refractivity contribution in [3.05, 3.63) is 35.5 Å². The molecule has 5 nitrogen and oxygen atoms in total. The van der Waals surface area contributed by atoms with Crippen molar-refractivity contribution in [2.45, 2.75) is 13.8 Å². The van der Waals surface area contributed by atoms with Gasteiger partial charge in [-0.05, 0) is 30.9 Å². The summed E-state index contributed by atoms with van der Waals surface area (Å²) in [6.07, 6.45) is 2.47. The standard InChI is InChI=1S/C14H15N3O2/c1-3-15-14(19)17-13-6-11-10(8-18)5-4-9(2)12(11)7-16-13/h4-8H,3H2,1-2H3,(H2,15,16,17,19). The first-order chi connectivity index (χ1) is 9.15. The molecule has 5 heteroatoms. The first kappa shape index (κ1) is 13.0. The molecule has 0 fully saturated rings. The van der Waals surface area contributed by atoms with Crippen LogP contribution in [0.4, 0.5) is 10.6 Å². The van der Waals surface area contributed by atoms with Crippen molar-refractivity contribution in [2.24, 2.45) is 0 Å². The highest BCUT2D eigenvalue weighted by Crippen LogP contribution is 2.23. The van der Waals surface area contributed by atoms with E-state index in [1.165, 1.54) is 0 Å². The van der Waals surface area contributed by atoms with Crippen LogP contribution in [0.15, 0.2) is 24.4 Å². The summed E-state index contributed by atoms with van der Waals surface area (Å²) in [5.74, 6) is 0.423. The van der Waals surface area contributed by atoms with E-state index in [1.54, 1.807) is 18.3 Å². The van der Waals surface area contributed by atoms with E-state index in [4.69, 9.17) is 0 Å². The minimum atomic E-state index is -0.311. The number of amides is 2. The molecule has 0 aliphatic rings. The molecule has 0 radical (unpaired) electrons. The molecule has 2 amide bonds. The van der Waals surface area contributed by atoms with Crippen molar-refractivity contribution in [1.29, 1.82) is 0 Å². The Labute approximate surface area is 111 Å². The van der Waals surface area contributed by atoms with Gasteiger partial charge < -0.3 is 5.32 Å². The minimum absolute atomic E-state index is 0.311. The van der Waals surface area contributed by atoms with Gasteiger partial charge in [-0.1, -0.05) is 12.1 Å². The van der Waals surface area contributed by atoms with Gasteiger partial charge in [0.2, 0.25) is 0 Å². The molecule has 2 rings (SSSR count). The number of nitrogens with zero attached hydrogens (tertiary/aromatic N) is 1. The van der Waals surface area contributed by atoms with E-state index in [-0.39, 0.29) is 6.03 Å². The molecule has 0 bridgehead atoms. The highest BCUT2D eigenvalue weighted by molar-refractivity contribution is 6.01. The number of aryl methyl sites for hydroxylation is 1. The third kappa shape index (κ3) is 2.70. The smallest absolute Gasteiger partial charge is 0.320 e. The highest BCUT2D eigenvalue weighted by atomic mass is 16.2. The zero-order valence-electron chi connectivity index (χ0n) is 10.9. The lowest BCUT2D eigenvalue weighted by Crippen LogP contribution is -2.28. The summed E-state index contributed by atoms with van der Waals surface area (Å²) in [6.45, 7) is 4.33. The van der Waals surface area contributed by atoms with Crippen LogP contribution >= 0.6 is 0 Å². The molecular formula is C14H15N3O2. The first-order valence-corrected chi connectivity index (χ1v) is 6.05. The van der Waals surface area contributed by atoms with Crippen LogP contribution in [0, 0.1) is 6.92 Å². The molecule has 1 aromatic carbocycles. The molecule has 0 atom stereocenters. The number of fused-ring (bicyclic) bond motifs is 1. The average molecular weight is 257 g/mol. The van der Waals surface area contributed by atoms with Gasteiger partial charge in [0.05, 0.1) is 0 Å². The second-order valence-electron chi connectivity index (χ2n) is 4.19. The van der Waals surface area contributed by atoms with Crippen molar-refractivity contribution in [3.8, 4) is 0 Å². The summed E-state index contributed by atoms with van der Waals surface area (Å²) in [5.41, 5.74) is 1.62. The Bertz CT molecular complexity index is 638. The zero-order chi connectivity index (χ0) is 13.8. The Balaban J connectivity index is 2.44. The van der Waals surface area contributed by atoms with Crippen molar-refractivity contribution in [1.82, 2.24) is 10.3 Å². The number of anilines is 1. The molecule has 1 aromatic heterocycles. The second-order valence-corrected chi connectivity index (χ2v) is 4.19. The van der Waals surface area contributed by atoms with E-state index in [9.17, 15) is 9.59 Å². The molecule has 98 valence electrons. The summed E-state index contributed by atoms with van der Waals surface area (Å²) < 4.78 is 0. The van der Waals surface area contributed by atoms with Crippen LogP contribution in [-0.4, -0.2) is 23.8 Å². The van der Waals surface area contributed by atoms with Crippen molar-refractivity contribution >= 4 is 28.9 Å². The van der Waals surface area contributed by atoms with Gasteiger partial charge in [-0.3, -0.25) is 10.1 Å². The number of rotatable bonds is 3. The van der Waals surface area contributed by atoms with Gasteiger partial charge in [-0.25, -0.2) is 9.78 Å². The Morgan fingerprint density at radius 3 is 2.84 bits per heavy atom.